The molecule has 1 aliphatic rings. The molecule has 0 bridgehead atoms. The third kappa shape index (κ3) is 5.48. The number of aliphatic hydroxyl groups is 2. The summed E-state index contributed by atoms with van der Waals surface area (Å²) in [7, 11) is 0. The predicted molar refractivity (Wildman–Crippen MR) is 131 cm³/mol. The molecule has 0 atom stereocenters. The summed E-state index contributed by atoms with van der Waals surface area (Å²) in [5.41, 5.74) is 1.46. The van der Waals surface area contributed by atoms with Crippen molar-refractivity contribution < 1.29 is 15.0 Å². The number of carbonyl (C=O) groups is 1. The summed E-state index contributed by atoms with van der Waals surface area (Å²) in [4.78, 5) is 21.8. The fourth-order valence-corrected chi connectivity index (χ4v) is 4.40. The number of rotatable bonds is 7. The van der Waals surface area contributed by atoms with Gasteiger partial charge in [-0.1, -0.05) is 11.6 Å². The van der Waals surface area contributed by atoms with Gasteiger partial charge in [-0.2, -0.15) is 5.10 Å². The lowest BCUT2D eigenvalue weighted by Crippen LogP contribution is -2.43. The van der Waals surface area contributed by atoms with E-state index >= 15 is 0 Å². The van der Waals surface area contributed by atoms with E-state index in [0.29, 0.717) is 66.3 Å². The van der Waals surface area contributed by atoms with E-state index in [4.69, 9.17) is 11.6 Å². The minimum atomic E-state index is -0.865. The second kappa shape index (κ2) is 9.48. The Morgan fingerprint density at radius 3 is 2.62 bits per heavy atom. The molecule has 3 aromatic heterocycles. The van der Waals surface area contributed by atoms with Gasteiger partial charge in [-0.3, -0.25) is 9.78 Å². The van der Waals surface area contributed by atoms with Crippen molar-refractivity contribution in [3.63, 3.8) is 0 Å². The minimum absolute atomic E-state index is 0.0957. The van der Waals surface area contributed by atoms with Gasteiger partial charge in [-0.05, 0) is 58.9 Å². The van der Waals surface area contributed by atoms with Crippen molar-refractivity contribution in [3.05, 3.63) is 41.4 Å². The minimum Gasteiger partial charge on any atom is -0.390 e. The Kier molecular flexibility index (Phi) is 6.80. The second-order valence-corrected chi connectivity index (χ2v) is 10.2. The van der Waals surface area contributed by atoms with E-state index in [2.05, 4.69) is 25.7 Å². The molecule has 1 amide bonds. The number of amides is 1. The van der Waals surface area contributed by atoms with Crippen LogP contribution in [0.5, 0.6) is 0 Å². The summed E-state index contributed by atoms with van der Waals surface area (Å²) in [5.74, 6) is -0.265. The van der Waals surface area contributed by atoms with Crippen molar-refractivity contribution in [1.82, 2.24) is 24.9 Å². The molecule has 1 saturated carbocycles. The lowest BCUT2D eigenvalue weighted by Gasteiger charge is -2.39. The summed E-state index contributed by atoms with van der Waals surface area (Å²) in [6.07, 6.45) is 9.01. The fraction of sp³-hybridized carbons (Fsp3) is 0.500. The van der Waals surface area contributed by atoms with Crippen LogP contribution in [0.4, 0.5) is 5.69 Å². The zero-order chi connectivity index (χ0) is 24.5. The Morgan fingerprint density at radius 2 is 1.91 bits per heavy atom. The quantitative estimate of drug-likeness (QED) is 0.403. The number of fused-ring (bicyclic) bond motifs is 1. The van der Waals surface area contributed by atoms with Gasteiger partial charge in [0.2, 0.25) is 0 Å². The van der Waals surface area contributed by atoms with E-state index in [0.717, 1.165) is 5.56 Å². The van der Waals surface area contributed by atoms with Crippen LogP contribution in [-0.2, 0) is 0 Å². The molecule has 0 spiro atoms. The van der Waals surface area contributed by atoms with Gasteiger partial charge in [0.05, 0.1) is 51.1 Å². The van der Waals surface area contributed by atoms with E-state index in [1.807, 2.05) is 19.9 Å². The van der Waals surface area contributed by atoms with Crippen LogP contribution in [0.15, 0.2) is 30.9 Å². The molecule has 3 heterocycles. The average molecular weight is 487 g/mol. The first-order valence-corrected chi connectivity index (χ1v) is 11.9. The number of anilines is 1. The zero-order valence-corrected chi connectivity index (χ0v) is 20.4. The third-order valence-electron chi connectivity index (χ3n) is 6.33. The molecular weight excluding hydrogens is 456 g/mol. The number of pyridine rings is 1. The zero-order valence-electron chi connectivity index (χ0n) is 19.7. The Hall–Kier alpha value is -2.75. The molecule has 1 fully saturated rings. The Bertz CT molecular complexity index is 1180. The summed E-state index contributed by atoms with van der Waals surface area (Å²) in [6.45, 7) is 6.12. The third-order valence-corrected chi connectivity index (χ3v) is 6.52. The molecule has 0 saturated heterocycles. The van der Waals surface area contributed by atoms with Crippen molar-refractivity contribution in [3.8, 4) is 11.3 Å². The first-order chi connectivity index (χ1) is 16.1. The van der Waals surface area contributed by atoms with Gasteiger partial charge in [0, 0.05) is 25.0 Å². The van der Waals surface area contributed by atoms with Gasteiger partial charge in [-0.25, -0.2) is 9.50 Å². The Morgan fingerprint density at radius 1 is 1.18 bits per heavy atom. The number of nitrogens with one attached hydrogen (secondary N) is 2. The van der Waals surface area contributed by atoms with E-state index in [-0.39, 0.29) is 11.9 Å². The van der Waals surface area contributed by atoms with E-state index in [1.165, 1.54) is 0 Å². The van der Waals surface area contributed by atoms with Crippen molar-refractivity contribution in [2.45, 2.75) is 70.1 Å². The number of hydrogen-bond donors (Lipinski definition) is 4. The SMILES string of the molecule is CC(C)Nc1cc(-c2cnn3cc(Cl)cnc23)ncc1C(=O)NCCC1(O)CCC(C)(O)CC1. The summed E-state index contributed by atoms with van der Waals surface area (Å²) < 4.78 is 1.59. The molecule has 0 aromatic carbocycles. The van der Waals surface area contributed by atoms with Crippen LogP contribution < -0.4 is 10.6 Å². The smallest absolute Gasteiger partial charge is 0.254 e. The van der Waals surface area contributed by atoms with Gasteiger partial charge in [0.15, 0.2) is 5.65 Å². The number of hydrogen-bond acceptors (Lipinski definition) is 7. The second-order valence-electron chi connectivity index (χ2n) is 9.74. The predicted octanol–water partition coefficient (Wildman–Crippen LogP) is 3.44. The van der Waals surface area contributed by atoms with Crippen LogP contribution >= 0.6 is 11.6 Å². The number of carbonyl (C=O) groups excluding carboxylic acids is 1. The van der Waals surface area contributed by atoms with Crippen molar-refractivity contribution in [1.29, 1.82) is 0 Å². The lowest BCUT2D eigenvalue weighted by molar-refractivity contribution is -0.0750. The Balaban J connectivity index is 1.50. The highest BCUT2D eigenvalue weighted by Crippen LogP contribution is 2.36. The number of aromatic nitrogens is 4. The van der Waals surface area contributed by atoms with Crippen molar-refractivity contribution >= 4 is 28.8 Å². The molecule has 4 rings (SSSR count). The number of nitrogens with zero attached hydrogens (tertiary/aromatic N) is 4. The topological polar surface area (TPSA) is 125 Å². The first kappa shape index (κ1) is 24.4. The van der Waals surface area contributed by atoms with Gasteiger partial charge in [0.25, 0.3) is 5.91 Å². The van der Waals surface area contributed by atoms with Crippen LogP contribution in [-0.4, -0.2) is 59.5 Å². The van der Waals surface area contributed by atoms with Crippen LogP contribution in [0.1, 0.15) is 63.2 Å². The largest absolute Gasteiger partial charge is 0.390 e. The molecule has 10 heteroatoms. The molecule has 0 aliphatic heterocycles. The first-order valence-electron chi connectivity index (χ1n) is 11.5. The van der Waals surface area contributed by atoms with Gasteiger partial charge in [0.1, 0.15) is 0 Å². The molecule has 0 radical (unpaired) electrons. The summed E-state index contributed by atoms with van der Waals surface area (Å²) in [6, 6.07) is 1.91. The van der Waals surface area contributed by atoms with Crippen LogP contribution in [0, 0.1) is 0 Å². The van der Waals surface area contributed by atoms with E-state index in [1.54, 1.807) is 36.2 Å². The average Bonchev–Trinajstić information content (AvgIpc) is 3.18. The highest BCUT2D eigenvalue weighted by atomic mass is 35.5. The van der Waals surface area contributed by atoms with Gasteiger partial charge in [-0.15, -0.1) is 0 Å². The standard InChI is InChI=1S/C24H31ClN6O3/c1-15(2)30-20-10-19(17-13-29-31-14-16(25)11-28-21(17)31)27-12-18(20)22(32)26-9-8-24(34)6-4-23(3,33)5-7-24/h10-15,33-34H,4-9H2,1-3H3,(H,26,32)(H,27,30). The van der Waals surface area contributed by atoms with E-state index in [9.17, 15) is 15.0 Å². The Labute approximate surface area is 203 Å². The molecule has 9 nitrogen and oxygen atoms in total. The maximum Gasteiger partial charge on any atom is 0.254 e. The van der Waals surface area contributed by atoms with E-state index < -0.39 is 11.2 Å². The summed E-state index contributed by atoms with van der Waals surface area (Å²) >= 11 is 6.00. The highest BCUT2D eigenvalue weighted by Gasteiger charge is 2.37. The normalized spacial score (nSPS) is 22.8. The molecule has 34 heavy (non-hydrogen) atoms. The molecule has 182 valence electrons. The van der Waals surface area contributed by atoms with Crippen LogP contribution in [0.3, 0.4) is 0 Å². The fourth-order valence-electron chi connectivity index (χ4n) is 4.25. The van der Waals surface area contributed by atoms with Crippen LogP contribution in [0.2, 0.25) is 5.02 Å². The maximum absolute atomic E-state index is 13.0. The van der Waals surface area contributed by atoms with Gasteiger partial charge < -0.3 is 20.8 Å². The molecule has 1 aliphatic carbocycles. The van der Waals surface area contributed by atoms with Gasteiger partial charge >= 0.3 is 0 Å². The molecular formula is C24H31ClN6O3. The highest BCUT2D eigenvalue weighted by molar-refractivity contribution is 6.30. The summed E-state index contributed by atoms with van der Waals surface area (Å²) in [5, 5.41) is 31.9. The maximum atomic E-state index is 13.0. The number of halogens is 1. The molecule has 4 N–H and O–H groups in total. The van der Waals surface area contributed by atoms with Crippen LogP contribution in [0.25, 0.3) is 16.9 Å². The molecule has 3 aromatic rings. The van der Waals surface area contributed by atoms with Crippen molar-refractivity contribution in [2.75, 3.05) is 11.9 Å². The lowest BCUT2D eigenvalue weighted by atomic mass is 9.75. The van der Waals surface area contributed by atoms with Crippen molar-refractivity contribution in [2.24, 2.45) is 0 Å². The monoisotopic (exact) mass is 486 g/mol. The molecule has 0 unspecified atom stereocenters.